The van der Waals surface area contributed by atoms with Crippen LogP contribution in [0.2, 0.25) is 0 Å². The molecule has 146 valence electrons. The number of hydrogen-bond acceptors (Lipinski definition) is 1. The SMILES string of the molecule is O=C(CCc1ccc(F)cc1)Nc1ccc(C23CC4CC(CC(C4)C2)C3)cc1. The molecule has 2 nitrogen and oxygen atoms in total. The molecule has 2 aromatic carbocycles. The number of carbonyl (C=O) groups is 1. The Bertz CT molecular complexity index is 820. The fraction of sp³-hybridized carbons (Fsp3) is 0.480. The van der Waals surface area contributed by atoms with Crippen LogP contribution in [0.25, 0.3) is 0 Å². The van der Waals surface area contributed by atoms with E-state index in [1.54, 1.807) is 12.1 Å². The molecular formula is C25H28FNO. The highest BCUT2D eigenvalue weighted by molar-refractivity contribution is 5.90. The minimum Gasteiger partial charge on any atom is -0.326 e. The standard InChI is InChI=1S/C25H28FNO/c26-22-6-1-17(2-7-22)3-10-24(28)27-23-8-4-21(5-9-23)25-14-18-11-19(15-25)13-20(12-18)16-25/h1-2,4-9,18-20H,3,10-16H2,(H,27,28). The van der Waals surface area contributed by atoms with Gasteiger partial charge in [0.05, 0.1) is 0 Å². The Morgan fingerprint density at radius 3 is 2.04 bits per heavy atom. The van der Waals surface area contributed by atoms with Gasteiger partial charge in [0.25, 0.3) is 0 Å². The largest absolute Gasteiger partial charge is 0.326 e. The van der Waals surface area contributed by atoms with Crippen LogP contribution in [0.1, 0.15) is 56.1 Å². The summed E-state index contributed by atoms with van der Waals surface area (Å²) in [6.45, 7) is 0. The molecule has 6 rings (SSSR count). The van der Waals surface area contributed by atoms with Crippen LogP contribution in [0.3, 0.4) is 0 Å². The maximum absolute atomic E-state index is 13.0. The number of benzene rings is 2. The normalized spacial score (nSPS) is 30.4. The van der Waals surface area contributed by atoms with Crippen LogP contribution in [-0.4, -0.2) is 5.91 Å². The lowest BCUT2D eigenvalue weighted by atomic mass is 9.48. The highest BCUT2D eigenvalue weighted by Gasteiger charge is 2.51. The van der Waals surface area contributed by atoms with Gasteiger partial charge in [0.15, 0.2) is 0 Å². The van der Waals surface area contributed by atoms with Gasteiger partial charge in [-0.1, -0.05) is 24.3 Å². The molecule has 4 bridgehead atoms. The van der Waals surface area contributed by atoms with Crippen LogP contribution >= 0.6 is 0 Å². The monoisotopic (exact) mass is 377 g/mol. The molecular weight excluding hydrogens is 349 g/mol. The highest BCUT2D eigenvalue weighted by atomic mass is 19.1. The number of nitrogens with one attached hydrogen (secondary N) is 1. The van der Waals surface area contributed by atoms with E-state index in [9.17, 15) is 9.18 Å². The molecule has 0 radical (unpaired) electrons. The smallest absolute Gasteiger partial charge is 0.224 e. The molecule has 4 fully saturated rings. The first-order valence-corrected chi connectivity index (χ1v) is 10.7. The van der Waals surface area contributed by atoms with E-state index >= 15 is 0 Å². The second-order valence-electron chi connectivity index (χ2n) is 9.45. The third kappa shape index (κ3) is 3.47. The lowest BCUT2D eigenvalue weighted by molar-refractivity contribution is -0.116. The van der Waals surface area contributed by atoms with Crippen molar-refractivity contribution in [1.82, 2.24) is 0 Å². The summed E-state index contributed by atoms with van der Waals surface area (Å²) < 4.78 is 13.0. The van der Waals surface area contributed by atoms with Gasteiger partial charge in [-0.2, -0.15) is 0 Å². The van der Waals surface area contributed by atoms with Crippen LogP contribution in [-0.2, 0) is 16.6 Å². The zero-order valence-corrected chi connectivity index (χ0v) is 16.3. The van der Waals surface area contributed by atoms with Crippen molar-refractivity contribution < 1.29 is 9.18 Å². The fourth-order valence-electron chi connectivity index (χ4n) is 6.50. The van der Waals surface area contributed by atoms with Gasteiger partial charge >= 0.3 is 0 Å². The first kappa shape index (κ1) is 17.9. The molecule has 0 unspecified atom stereocenters. The average Bonchev–Trinajstić information content (AvgIpc) is 2.67. The van der Waals surface area contributed by atoms with Crippen molar-refractivity contribution in [2.24, 2.45) is 17.8 Å². The van der Waals surface area contributed by atoms with Crippen LogP contribution in [0.15, 0.2) is 48.5 Å². The Morgan fingerprint density at radius 2 is 1.46 bits per heavy atom. The molecule has 4 aliphatic carbocycles. The lowest BCUT2D eigenvalue weighted by Crippen LogP contribution is -2.48. The fourth-order valence-corrected chi connectivity index (χ4v) is 6.50. The van der Waals surface area contributed by atoms with Crippen LogP contribution in [0.4, 0.5) is 10.1 Å². The summed E-state index contributed by atoms with van der Waals surface area (Å²) in [5.74, 6) is 2.59. The van der Waals surface area contributed by atoms with E-state index in [0.717, 1.165) is 29.0 Å². The van der Waals surface area contributed by atoms with Crippen molar-refractivity contribution in [3.05, 3.63) is 65.5 Å². The Labute approximate surface area is 166 Å². The van der Waals surface area contributed by atoms with E-state index in [1.165, 1.54) is 56.2 Å². The third-order valence-electron chi connectivity index (χ3n) is 7.37. The molecule has 28 heavy (non-hydrogen) atoms. The molecule has 0 saturated heterocycles. The number of rotatable bonds is 5. The van der Waals surface area contributed by atoms with Gasteiger partial charge in [-0.15, -0.1) is 0 Å². The molecule has 0 aliphatic heterocycles. The van der Waals surface area contributed by atoms with E-state index in [-0.39, 0.29) is 11.7 Å². The van der Waals surface area contributed by atoms with Crippen LogP contribution in [0, 0.1) is 23.6 Å². The van der Waals surface area contributed by atoms with E-state index in [4.69, 9.17) is 0 Å². The molecule has 0 aromatic heterocycles. The molecule has 4 aliphatic rings. The predicted octanol–water partition coefficient (Wildman–Crippen LogP) is 5.86. The number of carbonyl (C=O) groups excluding carboxylic acids is 1. The zero-order chi connectivity index (χ0) is 19.1. The van der Waals surface area contributed by atoms with Crippen LogP contribution in [0.5, 0.6) is 0 Å². The summed E-state index contributed by atoms with van der Waals surface area (Å²) in [7, 11) is 0. The zero-order valence-electron chi connectivity index (χ0n) is 16.3. The average molecular weight is 378 g/mol. The Balaban J connectivity index is 1.21. The van der Waals surface area contributed by atoms with Gasteiger partial charge in [0.2, 0.25) is 5.91 Å². The first-order valence-electron chi connectivity index (χ1n) is 10.7. The Morgan fingerprint density at radius 1 is 0.893 bits per heavy atom. The maximum Gasteiger partial charge on any atom is 0.224 e. The van der Waals surface area contributed by atoms with Gasteiger partial charge < -0.3 is 5.32 Å². The van der Waals surface area contributed by atoms with Gasteiger partial charge in [-0.3, -0.25) is 4.79 Å². The van der Waals surface area contributed by atoms with Crippen molar-refractivity contribution in [2.45, 2.75) is 56.8 Å². The third-order valence-corrected chi connectivity index (χ3v) is 7.37. The number of aryl methyl sites for hydroxylation is 1. The second kappa shape index (κ2) is 7.02. The first-order chi connectivity index (χ1) is 13.6. The maximum atomic E-state index is 13.0. The van der Waals surface area contributed by atoms with Crippen molar-refractivity contribution in [1.29, 1.82) is 0 Å². The Hall–Kier alpha value is -2.16. The molecule has 4 saturated carbocycles. The van der Waals surface area contributed by atoms with E-state index < -0.39 is 0 Å². The highest BCUT2D eigenvalue weighted by Crippen LogP contribution is 2.60. The molecule has 1 amide bonds. The molecule has 0 atom stereocenters. The van der Waals surface area contributed by atoms with Gasteiger partial charge in [-0.25, -0.2) is 4.39 Å². The van der Waals surface area contributed by atoms with Gasteiger partial charge in [0.1, 0.15) is 5.82 Å². The number of hydrogen-bond donors (Lipinski definition) is 1. The summed E-state index contributed by atoms with van der Waals surface area (Å²) in [6, 6.07) is 15.0. The van der Waals surface area contributed by atoms with Crippen molar-refractivity contribution in [3.63, 3.8) is 0 Å². The summed E-state index contributed by atoms with van der Waals surface area (Å²) in [5, 5.41) is 3.01. The Kier molecular flexibility index (Phi) is 4.49. The number of anilines is 1. The number of halogens is 1. The second-order valence-corrected chi connectivity index (χ2v) is 9.45. The summed E-state index contributed by atoms with van der Waals surface area (Å²) >= 11 is 0. The summed E-state index contributed by atoms with van der Waals surface area (Å²) in [4.78, 5) is 12.3. The summed E-state index contributed by atoms with van der Waals surface area (Å²) in [6.07, 6.45) is 9.50. The van der Waals surface area contributed by atoms with E-state index in [1.807, 2.05) is 0 Å². The predicted molar refractivity (Wildman–Crippen MR) is 110 cm³/mol. The molecule has 0 spiro atoms. The summed E-state index contributed by atoms with van der Waals surface area (Å²) in [5.41, 5.74) is 3.74. The van der Waals surface area contributed by atoms with E-state index in [2.05, 4.69) is 29.6 Å². The van der Waals surface area contributed by atoms with Crippen molar-refractivity contribution in [3.8, 4) is 0 Å². The van der Waals surface area contributed by atoms with E-state index in [0.29, 0.717) is 18.3 Å². The molecule has 3 heteroatoms. The van der Waals surface area contributed by atoms with Crippen LogP contribution < -0.4 is 5.32 Å². The molecule has 0 heterocycles. The van der Waals surface area contributed by atoms with Gasteiger partial charge in [-0.05, 0) is 104 Å². The van der Waals surface area contributed by atoms with Crippen molar-refractivity contribution >= 4 is 11.6 Å². The topological polar surface area (TPSA) is 29.1 Å². The van der Waals surface area contributed by atoms with Gasteiger partial charge in [0, 0.05) is 12.1 Å². The quantitative estimate of drug-likeness (QED) is 0.694. The minimum absolute atomic E-state index is 0.00637. The minimum atomic E-state index is -0.243. The van der Waals surface area contributed by atoms with Crippen molar-refractivity contribution in [2.75, 3.05) is 5.32 Å². The molecule has 1 N–H and O–H groups in total. The molecule has 2 aromatic rings. The number of amides is 1. The lowest BCUT2D eigenvalue weighted by Gasteiger charge is -2.57.